The van der Waals surface area contributed by atoms with Gasteiger partial charge in [-0.25, -0.2) is 9.67 Å². The van der Waals surface area contributed by atoms with E-state index in [2.05, 4.69) is 43.1 Å². The minimum Gasteiger partial charge on any atom is -0.382 e. The molecule has 19 heavy (non-hydrogen) atoms. The highest BCUT2D eigenvalue weighted by Crippen LogP contribution is 2.10. The molecule has 0 aliphatic heterocycles. The number of aryl methyl sites for hydroxylation is 2. The molecule has 0 spiro atoms. The van der Waals surface area contributed by atoms with Crippen LogP contribution in [0.3, 0.4) is 0 Å². The summed E-state index contributed by atoms with van der Waals surface area (Å²) in [5.41, 5.74) is 0. The first-order chi connectivity index (χ1) is 9.12. The Morgan fingerprint density at radius 1 is 1.21 bits per heavy atom. The van der Waals surface area contributed by atoms with Crippen LogP contribution in [0.2, 0.25) is 0 Å². The summed E-state index contributed by atoms with van der Waals surface area (Å²) in [7, 11) is 1.73. The van der Waals surface area contributed by atoms with Gasteiger partial charge in [-0.3, -0.25) is 0 Å². The quantitative estimate of drug-likeness (QED) is 0.742. The molecule has 0 bridgehead atoms. The summed E-state index contributed by atoms with van der Waals surface area (Å²) in [5.74, 6) is 2.61. The van der Waals surface area contributed by atoms with Gasteiger partial charge in [0.1, 0.15) is 5.82 Å². The zero-order chi connectivity index (χ0) is 14.3. The number of rotatable bonds is 9. The Morgan fingerprint density at radius 3 is 2.47 bits per heavy atom. The molecule has 1 heterocycles. The number of hydrogen-bond acceptors (Lipinski definition) is 4. The second-order valence-electron chi connectivity index (χ2n) is 5.26. The molecule has 1 unspecified atom stereocenters. The van der Waals surface area contributed by atoms with Crippen LogP contribution in [-0.2, 0) is 17.6 Å². The number of aromatic nitrogens is 3. The molecule has 0 aliphatic rings. The third kappa shape index (κ3) is 4.91. The summed E-state index contributed by atoms with van der Waals surface area (Å²) in [5, 5.41) is 8.08. The molecule has 1 aromatic heterocycles. The molecule has 0 radical (unpaired) electrons. The smallest absolute Gasteiger partial charge is 0.150 e. The second kappa shape index (κ2) is 8.27. The Balaban J connectivity index is 2.76. The first-order valence-corrected chi connectivity index (χ1v) is 7.26. The molecule has 1 aromatic rings. The molecule has 0 amide bonds. The van der Waals surface area contributed by atoms with Crippen LogP contribution in [0.4, 0.5) is 0 Å². The van der Waals surface area contributed by atoms with Crippen LogP contribution in [0.15, 0.2) is 0 Å². The predicted molar refractivity (Wildman–Crippen MR) is 77.4 cm³/mol. The number of nitrogens with zero attached hydrogens (tertiary/aromatic N) is 3. The maximum atomic E-state index is 5.33. The van der Waals surface area contributed by atoms with Gasteiger partial charge in [0.2, 0.25) is 0 Å². The lowest BCUT2D eigenvalue weighted by Gasteiger charge is -2.19. The number of ether oxygens (including phenoxy) is 1. The summed E-state index contributed by atoms with van der Waals surface area (Å²) in [6.07, 6.45) is 1.77. The van der Waals surface area contributed by atoms with Crippen molar-refractivity contribution in [1.29, 1.82) is 0 Å². The Kier molecular flexibility index (Phi) is 7.02. The van der Waals surface area contributed by atoms with E-state index in [9.17, 15) is 0 Å². The molecule has 0 aromatic carbocycles. The lowest BCUT2D eigenvalue weighted by molar-refractivity contribution is 0.146. The van der Waals surface area contributed by atoms with E-state index in [-0.39, 0.29) is 6.04 Å². The highest BCUT2D eigenvalue weighted by Gasteiger charge is 2.17. The van der Waals surface area contributed by atoms with Crippen LogP contribution < -0.4 is 5.32 Å². The minimum atomic E-state index is 0.214. The van der Waals surface area contributed by atoms with E-state index < -0.39 is 0 Å². The van der Waals surface area contributed by atoms with Crippen molar-refractivity contribution < 1.29 is 4.74 Å². The largest absolute Gasteiger partial charge is 0.382 e. The Bertz CT molecular complexity index is 362. The molecule has 0 fully saturated rings. The first-order valence-electron chi connectivity index (χ1n) is 7.26. The second-order valence-corrected chi connectivity index (χ2v) is 5.26. The summed E-state index contributed by atoms with van der Waals surface area (Å²) in [4.78, 5) is 4.56. The van der Waals surface area contributed by atoms with E-state index >= 15 is 0 Å². The molecule has 1 rings (SSSR count). The van der Waals surface area contributed by atoms with Crippen LogP contribution in [0, 0.1) is 5.92 Å². The predicted octanol–water partition coefficient (Wildman–Crippen LogP) is 1.84. The zero-order valence-electron chi connectivity index (χ0n) is 12.9. The first kappa shape index (κ1) is 16.1. The van der Waals surface area contributed by atoms with Crippen molar-refractivity contribution in [2.24, 2.45) is 5.92 Å². The Labute approximate surface area is 116 Å². The average molecular weight is 268 g/mol. The maximum Gasteiger partial charge on any atom is 0.150 e. The van der Waals surface area contributed by atoms with Crippen LogP contribution in [-0.4, -0.2) is 41.6 Å². The number of hydrogen-bond donors (Lipinski definition) is 1. The Morgan fingerprint density at radius 2 is 1.95 bits per heavy atom. The molecular weight excluding hydrogens is 240 g/mol. The van der Waals surface area contributed by atoms with Gasteiger partial charge in [0.25, 0.3) is 0 Å². The van der Waals surface area contributed by atoms with Crippen LogP contribution in [0.1, 0.15) is 45.4 Å². The molecular formula is C14H28N4O. The fourth-order valence-corrected chi connectivity index (χ4v) is 2.03. The molecule has 0 aliphatic carbocycles. The van der Waals surface area contributed by atoms with Gasteiger partial charge in [0.05, 0.1) is 12.6 Å². The van der Waals surface area contributed by atoms with Gasteiger partial charge in [-0.05, 0) is 12.5 Å². The molecule has 1 atom stereocenters. The van der Waals surface area contributed by atoms with Crippen LogP contribution in [0.5, 0.6) is 0 Å². The van der Waals surface area contributed by atoms with Crippen molar-refractivity contribution in [3.63, 3.8) is 0 Å². The van der Waals surface area contributed by atoms with Crippen LogP contribution >= 0.6 is 0 Å². The van der Waals surface area contributed by atoms with Gasteiger partial charge in [-0.2, -0.15) is 5.10 Å². The molecule has 5 heteroatoms. The average Bonchev–Trinajstić information content (AvgIpc) is 2.80. The van der Waals surface area contributed by atoms with Crippen molar-refractivity contribution in [3.8, 4) is 0 Å². The minimum absolute atomic E-state index is 0.214. The number of methoxy groups -OCH3 is 1. The van der Waals surface area contributed by atoms with Gasteiger partial charge < -0.3 is 10.1 Å². The van der Waals surface area contributed by atoms with Gasteiger partial charge in [-0.1, -0.05) is 27.7 Å². The molecule has 110 valence electrons. The van der Waals surface area contributed by atoms with Gasteiger partial charge >= 0.3 is 0 Å². The third-order valence-electron chi connectivity index (χ3n) is 3.02. The molecule has 5 nitrogen and oxygen atoms in total. The zero-order valence-corrected chi connectivity index (χ0v) is 12.9. The summed E-state index contributed by atoms with van der Waals surface area (Å²) < 4.78 is 7.37. The number of nitrogens with one attached hydrogen (secondary N) is 1. The van der Waals surface area contributed by atoms with Crippen molar-refractivity contribution >= 4 is 0 Å². The van der Waals surface area contributed by atoms with E-state index in [0.29, 0.717) is 12.5 Å². The van der Waals surface area contributed by atoms with Crippen molar-refractivity contribution in [2.45, 2.75) is 46.6 Å². The molecule has 1 N–H and O–H groups in total. The van der Waals surface area contributed by atoms with E-state index in [1.807, 2.05) is 4.68 Å². The SMILES string of the molecule is CCc1nc(CC)n(C(CNCC(C)C)COC)n1. The summed E-state index contributed by atoms with van der Waals surface area (Å²) >= 11 is 0. The third-order valence-corrected chi connectivity index (χ3v) is 3.02. The lowest BCUT2D eigenvalue weighted by atomic mass is 10.2. The highest BCUT2D eigenvalue weighted by atomic mass is 16.5. The molecule has 0 saturated heterocycles. The van der Waals surface area contributed by atoms with E-state index in [4.69, 9.17) is 4.74 Å². The lowest BCUT2D eigenvalue weighted by Crippen LogP contribution is -2.32. The standard InChI is InChI=1S/C14H28N4O/c1-6-13-16-14(7-2)18(17-13)12(10-19-5)9-15-8-11(3)4/h11-12,15H,6-10H2,1-5H3. The summed E-state index contributed by atoms with van der Waals surface area (Å²) in [6.45, 7) is 11.2. The van der Waals surface area contributed by atoms with Crippen molar-refractivity contribution in [3.05, 3.63) is 11.6 Å². The highest BCUT2D eigenvalue weighted by molar-refractivity contribution is 4.95. The van der Waals surface area contributed by atoms with Crippen LogP contribution in [0.25, 0.3) is 0 Å². The van der Waals surface area contributed by atoms with Crippen molar-refractivity contribution in [1.82, 2.24) is 20.1 Å². The maximum absolute atomic E-state index is 5.33. The van der Waals surface area contributed by atoms with Gasteiger partial charge in [0.15, 0.2) is 5.82 Å². The monoisotopic (exact) mass is 268 g/mol. The summed E-state index contributed by atoms with van der Waals surface area (Å²) in [6, 6.07) is 0.214. The normalized spacial score (nSPS) is 13.2. The van der Waals surface area contributed by atoms with E-state index in [1.165, 1.54) is 0 Å². The van der Waals surface area contributed by atoms with Crippen molar-refractivity contribution in [2.75, 3.05) is 26.8 Å². The van der Waals surface area contributed by atoms with E-state index in [1.54, 1.807) is 7.11 Å². The molecule has 0 saturated carbocycles. The van der Waals surface area contributed by atoms with E-state index in [0.717, 1.165) is 37.6 Å². The van der Waals surface area contributed by atoms with Gasteiger partial charge in [-0.15, -0.1) is 0 Å². The van der Waals surface area contributed by atoms with Gasteiger partial charge in [0, 0.05) is 26.5 Å². The fraction of sp³-hybridized carbons (Fsp3) is 0.857. The Hall–Kier alpha value is -0.940. The topological polar surface area (TPSA) is 52.0 Å². The fourth-order valence-electron chi connectivity index (χ4n) is 2.03.